The molecule has 0 spiro atoms. The molecule has 4 aromatic rings. The summed E-state index contributed by atoms with van der Waals surface area (Å²) in [4.78, 5) is 65.6. The van der Waals surface area contributed by atoms with E-state index in [0.29, 0.717) is 33.9 Å². The predicted octanol–water partition coefficient (Wildman–Crippen LogP) is 12.0. The molecule has 0 amide bonds. The zero-order valence-electron chi connectivity index (χ0n) is 30.0. The first-order chi connectivity index (χ1) is 26.8. The number of nitrogens with zero attached hydrogens (tertiary/aromatic N) is 5. The molecule has 0 heterocycles. The molecule has 0 aliphatic carbocycles. The van der Waals surface area contributed by atoms with Gasteiger partial charge in [-0.15, -0.1) is 13.2 Å². The van der Waals surface area contributed by atoms with Gasteiger partial charge in [0.25, 0.3) is 0 Å². The Balaban J connectivity index is 0.000000700. The lowest BCUT2D eigenvalue weighted by molar-refractivity contribution is -0.274. The fourth-order valence-electron chi connectivity index (χ4n) is 3.36. The summed E-state index contributed by atoms with van der Waals surface area (Å²) in [6.07, 6.45) is 2.27. The van der Waals surface area contributed by atoms with E-state index in [1.165, 1.54) is 66.8 Å². The zero-order valence-corrected chi connectivity index (χ0v) is 32.3. The van der Waals surface area contributed by atoms with Gasteiger partial charge in [-0.05, 0) is 128 Å². The molecule has 4 aromatic carbocycles. The van der Waals surface area contributed by atoms with Crippen LogP contribution >= 0.6 is 35.0 Å². The molecule has 20 heteroatoms. The standard InChI is InChI=1S/2C8H6ClNO.C8H4F3NO2.C8H4F3NOS.C5H9NO/c2*1-6-4-7(9)2-3-8(6)10-5-11;2*9-8(10,11)14-7-3-1-6(2-4-7)12-5-13;1-5(2)3-6-4-7/h2*2-4H,1H3;2*1-4H;5H,3H2,1-2H3. The van der Waals surface area contributed by atoms with Crippen molar-refractivity contribution >= 4 is 88.1 Å². The topological polar surface area (TPSA) is 156 Å². The number of isocyanates is 5. The van der Waals surface area contributed by atoms with Crippen LogP contribution in [-0.4, -0.2) is 48.8 Å². The van der Waals surface area contributed by atoms with Crippen LogP contribution in [0.15, 0.2) is 115 Å². The molecule has 0 unspecified atom stereocenters. The van der Waals surface area contributed by atoms with Crippen molar-refractivity contribution in [3.63, 3.8) is 0 Å². The van der Waals surface area contributed by atoms with Crippen LogP contribution in [0, 0.1) is 19.8 Å². The minimum Gasteiger partial charge on any atom is -0.406 e. The fourth-order valence-corrected chi connectivity index (χ4v) is 4.35. The number of benzene rings is 4. The molecule has 0 N–H and O–H groups in total. The van der Waals surface area contributed by atoms with Gasteiger partial charge in [0, 0.05) is 14.9 Å². The number of aliphatic imine (C=N–C) groups is 5. The molecule has 0 saturated heterocycles. The van der Waals surface area contributed by atoms with E-state index < -0.39 is 11.9 Å². The number of alkyl halides is 6. The van der Waals surface area contributed by atoms with Gasteiger partial charge in [0.2, 0.25) is 30.4 Å². The fraction of sp³-hybridized carbons (Fsp3) is 0.216. The van der Waals surface area contributed by atoms with Crippen molar-refractivity contribution in [1.29, 1.82) is 0 Å². The van der Waals surface area contributed by atoms with E-state index in [9.17, 15) is 50.3 Å². The summed E-state index contributed by atoms with van der Waals surface area (Å²) < 4.78 is 74.2. The molecule has 0 aliphatic rings. The molecule has 300 valence electrons. The lowest BCUT2D eigenvalue weighted by atomic mass is 10.2. The molecule has 11 nitrogen and oxygen atoms in total. The van der Waals surface area contributed by atoms with Gasteiger partial charge in [-0.2, -0.15) is 33.1 Å². The van der Waals surface area contributed by atoms with Gasteiger partial charge < -0.3 is 4.74 Å². The lowest BCUT2D eigenvalue weighted by Gasteiger charge is -2.07. The van der Waals surface area contributed by atoms with Crippen molar-refractivity contribution in [3.05, 3.63) is 106 Å². The summed E-state index contributed by atoms with van der Waals surface area (Å²) in [5, 5.41) is 1.29. The summed E-state index contributed by atoms with van der Waals surface area (Å²) in [5.41, 5.74) is -0.813. The van der Waals surface area contributed by atoms with E-state index in [1.807, 2.05) is 27.7 Å². The van der Waals surface area contributed by atoms with Crippen LogP contribution in [0.5, 0.6) is 5.75 Å². The smallest absolute Gasteiger partial charge is 0.406 e. The number of thioether (sulfide) groups is 1. The Morgan fingerprint density at radius 1 is 0.614 bits per heavy atom. The van der Waals surface area contributed by atoms with E-state index in [4.69, 9.17) is 23.2 Å². The van der Waals surface area contributed by atoms with E-state index >= 15 is 0 Å². The third kappa shape index (κ3) is 26.5. The summed E-state index contributed by atoms with van der Waals surface area (Å²) in [7, 11) is 0. The maximum atomic E-state index is 11.9. The van der Waals surface area contributed by atoms with Crippen LogP contribution < -0.4 is 4.74 Å². The van der Waals surface area contributed by atoms with Crippen LogP contribution in [0.4, 0.5) is 49.1 Å². The normalized spacial score (nSPS) is 9.70. The van der Waals surface area contributed by atoms with Crippen LogP contribution in [0.25, 0.3) is 0 Å². The van der Waals surface area contributed by atoms with Crippen molar-refractivity contribution in [2.75, 3.05) is 6.54 Å². The average Bonchev–Trinajstić information content (AvgIpc) is 3.12. The molecule has 0 aromatic heterocycles. The number of aryl methyl sites for hydroxylation is 2. The average molecular weight is 857 g/mol. The van der Waals surface area contributed by atoms with Gasteiger partial charge in [0.15, 0.2) is 0 Å². The number of rotatable bonds is 8. The SMILES string of the molecule is CC(C)CN=C=O.Cc1cc(Cl)ccc1N=C=O.Cc1cc(Cl)ccc1N=C=O.O=C=Nc1ccc(OC(F)(F)F)cc1.O=C=Nc1ccc(SC(F)(F)F)cc1. The van der Waals surface area contributed by atoms with E-state index in [1.54, 1.807) is 36.4 Å². The Morgan fingerprint density at radius 2 is 1.02 bits per heavy atom. The van der Waals surface area contributed by atoms with Gasteiger partial charge in [-0.3, -0.25) is 0 Å². The largest absolute Gasteiger partial charge is 0.573 e. The maximum absolute atomic E-state index is 11.9. The third-order valence-electron chi connectivity index (χ3n) is 5.66. The van der Waals surface area contributed by atoms with Gasteiger partial charge in [-0.25, -0.2) is 29.0 Å². The van der Waals surface area contributed by atoms with E-state index in [2.05, 4.69) is 29.7 Å². The van der Waals surface area contributed by atoms with E-state index in [0.717, 1.165) is 23.3 Å². The minimum absolute atomic E-state index is 0.0577. The van der Waals surface area contributed by atoms with Crippen molar-refractivity contribution in [2.24, 2.45) is 30.9 Å². The first-order valence-electron chi connectivity index (χ1n) is 15.4. The molecule has 0 aliphatic heterocycles. The molecule has 0 radical (unpaired) electrons. The van der Waals surface area contributed by atoms with Crippen molar-refractivity contribution in [2.45, 2.75) is 44.5 Å². The molecular weight excluding hydrogens is 827 g/mol. The third-order valence-corrected chi connectivity index (χ3v) is 6.87. The molecule has 0 saturated carbocycles. The van der Waals surface area contributed by atoms with Crippen LogP contribution in [-0.2, 0) is 24.0 Å². The molecule has 57 heavy (non-hydrogen) atoms. The summed E-state index contributed by atoms with van der Waals surface area (Å²) in [6.45, 7) is 8.27. The second-order valence-electron chi connectivity index (χ2n) is 10.6. The maximum Gasteiger partial charge on any atom is 0.573 e. The van der Waals surface area contributed by atoms with Crippen molar-refractivity contribution in [1.82, 2.24) is 0 Å². The van der Waals surface area contributed by atoms with Crippen LogP contribution in [0.1, 0.15) is 25.0 Å². The molecule has 0 fully saturated rings. The predicted molar refractivity (Wildman–Crippen MR) is 203 cm³/mol. The highest BCUT2D eigenvalue weighted by molar-refractivity contribution is 8.00. The molecule has 4 rings (SSSR count). The van der Waals surface area contributed by atoms with Gasteiger partial charge in [0.05, 0.1) is 29.3 Å². The lowest BCUT2D eigenvalue weighted by Crippen LogP contribution is -2.16. The number of halogens is 8. The van der Waals surface area contributed by atoms with Crippen molar-refractivity contribution < 1.29 is 55.1 Å². The molecule has 0 bridgehead atoms. The van der Waals surface area contributed by atoms with Crippen LogP contribution in [0.3, 0.4) is 0 Å². The van der Waals surface area contributed by atoms with Gasteiger partial charge in [0.1, 0.15) is 5.75 Å². The van der Waals surface area contributed by atoms with E-state index in [-0.39, 0.29) is 33.8 Å². The second kappa shape index (κ2) is 27.6. The highest BCUT2D eigenvalue weighted by Gasteiger charge is 2.31. The summed E-state index contributed by atoms with van der Waals surface area (Å²) in [5.74, 6) is 0.115. The molecule has 0 atom stereocenters. The highest BCUT2D eigenvalue weighted by Crippen LogP contribution is 2.37. The molecular formula is C37H29Cl2F6N5O6S. The highest BCUT2D eigenvalue weighted by atomic mass is 35.5. The summed E-state index contributed by atoms with van der Waals surface area (Å²) >= 11 is 11.1. The Labute approximate surface area is 335 Å². The number of hydrogen-bond donors (Lipinski definition) is 0. The van der Waals surface area contributed by atoms with Crippen LogP contribution in [0.2, 0.25) is 10.0 Å². The monoisotopic (exact) mass is 855 g/mol. The first-order valence-corrected chi connectivity index (χ1v) is 16.9. The van der Waals surface area contributed by atoms with Gasteiger partial charge in [-0.1, -0.05) is 37.0 Å². The first kappa shape index (κ1) is 51.1. The Bertz CT molecular complexity index is 1970. The number of carbonyl (C=O) groups excluding carboxylic acids is 5. The second-order valence-corrected chi connectivity index (χ2v) is 12.6. The number of ether oxygens (including phenoxy) is 1. The number of hydrogen-bond acceptors (Lipinski definition) is 12. The Kier molecular flexibility index (Phi) is 24.8. The minimum atomic E-state index is -4.71. The van der Waals surface area contributed by atoms with Gasteiger partial charge >= 0.3 is 11.9 Å². The Hall–Kier alpha value is -5.91. The zero-order chi connectivity index (χ0) is 43.4. The Morgan fingerprint density at radius 3 is 1.32 bits per heavy atom. The van der Waals surface area contributed by atoms with Crippen molar-refractivity contribution in [3.8, 4) is 5.75 Å². The summed E-state index contributed by atoms with van der Waals surface area (Å²) in [6, 6.07) is 19.9. The quantitative estimate of drug-likeness (QED) is 0.0739.